The molecule has 0 spiro atoms. The van der Waals surface area contributed by atoms with E-state index in [9.17, 15) is 9.90 Å². The van der Waals surface area contributed by atoms with E-state index in [0.717, 1.165) is 80.0 Å². The van der Waals surface area contributed by atoms with E-state index in [0.29, 0.717) is 23.2 Å². The van der Waals surface area contributed by atoms with Crippen molar-refractivity contribution in [3.8, 4) is 21.1 Å². The maximum Gasteiger partial charge on any atom is 0.203 e. The molecule has 3 aliphatic rings. The highest BCUT2D eigenvalue weighted by Gasteiger charge is 2.40. The number of nitrogens with one attached hydrogen (secondary N) is 1. The van der Waals surface area contributed by atoms with Gasteiger partial charge in [0.15, 0.2) is 5.49 Å². The normalized spacial score (nSPS) is 16.3. The number of hydrogen-bond donors (Lipinski definition) is 2. The predicted molar refractivity (Wildman–Crippen MR) is 199 cm³/mol. The molecular weight excluding hydrogens is 635 g/mol. The summed E-state index contributed by atoms with van der Waals surface area (Å²) in [6.45, 7) is 9.79. The zero-order valence-corrected chi connectivity index (χ0v) is 29.4. The number of rotatable bonds is 14. The van der Waals surface area contributed by atoms with Gasteiger partial charge in [-0.15, -0.1) is 22.7 Å². The van der Waals surface area contributed by atoms with Crippen LogP contribution in [0.15, 0.2) is 81.7 Å². The lowest BCUT2D eigenvalue weighted by Crippen LogP contribution is -2.25. The summed E-state index contributed by atoms with van der Waals surface area (Å²) in [5, 5.41) is 16.4. The predicted octanol–water partition coefficient (Wildman–Crippen LogP) is 8.25. The van der Waals surface area contributed by atoms with Crippen LogP contribution in [0.4, 0.5) is 11.4 Å². The van der Waals surface area contributed by atoms with Gasteiger partial charge in [-0.3, -0.25) is 4.79 Å². The van der Waals surface area contributed by atoms with E-state index in [4.69, 9.17) is 9.97 Å². The smallest absolute Gasteiger partial charge is 0.203 e. The molecular formula is C39H41N5O2S2. The Morgan fingerprint density at radius 3 is 2.10 bits per heavy atom. The van der Waals surface area contributed by atoms with E-state index in [2.05, 4.69) is 84.5 Å². The number of aliphatic hydroxyl groups excluding tert-OH is 1. The summed E-state index contributed by atoms with van der Waals surface area (Å²) >= 11 is 3.18. The van der Waals surface area contributed by atoms with Crippen LogP contribution < -0.4 is 20.2 Å². The van der Waals surface area contributed by atoms with Crippen molar-refractivity contribution in [2.75, 3.05) is 29.9 Å². The van der Waals surface area contributed by atoms with Crippen molar-refractivity contribution in [1.82, 2.24) is 9.97 Å². The molecule has 7 nitrogen and oxygen atoms in total. The fourth-order valence-corrected chi connectivity index (χ4v) is 8.26. The van der Waals surface area contributed by atoms with Crippen LogP contribution in [-0.2, 0) is 11.2 Å². The number of allylic oxidation sites excluding steroid dienone is 4. The summed E-state index contributed by atoms with van der Waals surface area (Å²) in [5.74, 6) is -0.151. The number of hydrogen-bond acceptors (Lipinski definition) is 9. The first-order valence-electron chi connectivity index (χ1n) is 17.2. The van der Waals surface area contributed by atoms with Crippen LogP contribution >= 0.6 is 22.7 Å². The van der Waals surface area contributed by atoms with Crippen LogP contribution in [0, 0.1) is 0 Å². The molecule has 2 aromatic heterocycles. The van der Waals surface area contributed by atoms with Gasteiger partial charge in [0, 0.05) is 48.6 Å². The standard InChI is InChI=1S/C39H41N5O2S2/c1-4-7-18-40-27-14-10-24(11-15-27)39-43-37-32(48-39)23-30(41-37)34-35(45)33(36(34)46)26-21-29-31(22-26)47-38(42-29)25-12-16-28(17-13-25)44(19-8-5-2)20-9-6-3/h10-17,22-23,40,45H,4-9,18-21H2,1-3H3. The van der Waals surface area contributed by atoms with Crippen molar-refractivity contribution in [3.05, 3.63) is 97.3 Å². The Balaban J connectivity index is 1.05. The number of nitrogens with zero attached hydrogens (tertiary/aromatic N) is 4. The summed E-state index contributed by atoms with van der Waals surface area (Å²) in [7, 11) is 0. The molecule has 0 fully saturated rings. The number of fused-ring (bicyclic) bond motifs is 2. The number of anilines is 2. The van der Waals surface area contributed by atoms with Crippen LogP contribution in [0.1, 0.15) is 69.9 Å². The Kier molecular flexibility index (Phi) is 9.41. The van der Waals surface area contributed by atoms with Gasteiger partial charge in [-0.25, -0.2) is 15.0 Å². The largest absolute Gasteiger partial charge is 0.506 e. The molecule has 2 N–H and O–H groups in total. The summed E-state index contributed by atoms with van der Waals surface area (Å²) in [6.07, 6.45) is 11.5. The summed E-state index contributed by atoms with van der Waals surface area (Å²) in [6, 6.07) is 17.0. The third-order valence-electron chi connectivity index (χ3n) is 9.06. The van der Waals surface area contributed by atoms with E-state index in [1.807, 2.05) is 12.2 Å². The molecule has 7 rings (SSSR count). The van der Waals surface area contributed by atoms with Gasteiger partial charge in [0.2, 0.25) is 5.78 Å². The molecule has 0 radical (unpaired) electrons. The Morgan fingerprint density at radius 1 is 0.812 bits per heavy atom. The van der Waals surface area contributed by atoms with Crippen LogP contribution in [0.25, 0.3) is 33.3 Å². The number of benzene rings is 2. The molecule has 1 aliphatic heterocycles. The molecule has 0 bridgehead atoms. The first-order chi connectivity index (χ1) is 23.5. The topological polar surface area (TPSA) is 90.7 Å². The zero-order valence-electron chi connectivity index (χ0n) is 27.8. The number of aliphatic hydroxyl groups is 1. The van der Waals surface area contributed by atoms with Gasteiger partial charge in [0.25, 0.3) is 0 Å². The summed E-state index contributed by atoms with van der Waals surface area (Å²) in [5.41, 5.74) is 8.01. The second-order valence-corrected chi connectivity index (χ2v) is 14.6. The number of thiazole rings is 2. The number of carbonyl (C=O) groups excluding carboxylic acids is 1. The minimum absolute atomic E-state index is 0.0180. The van der Waals surface area contributed by atoms with Gasteiger partial charge >= 0.3 is 0 Å². The highest BCUT2D eigenvalue weighted by molar-refractivity contribution is 7.16. The number of ketones is 1. The number of Topliss-reactive ketones (excluding diaryl/α,β-unsaturated/α-hetero) is 1. The number of unbranched alkanes of at least 4 members (excludes halogenated alkanes) is 3. The van der Waals surface area contributed by atoms with E-state index in [1.54, 1.807) is 22.7 Å². The van der Waals surface area contributed by atoms with E-state index in [1.165, 1.54) is 31.4 Å². The van der Waals surface area contributed by atoms with Gasteiger partial charge < -0.3 is 15.3 Å². The first kappa shape index (κ1) is 32.2. The lowest BCUT2D eigenvalue weighted by molar-refractivity contribution is -0.113. The maximum absolute atomic E-state index is 13.4. The van der Waals surface area contributed by atoms with Gasteiger partial charge in [-0.1, -0.05) is 40.0 Å². The maximum atomic E-state index is 13.4. The van der Waals surface area contributed by atoms with Crippen LogP contribution in [-0.4, -0.2) is 40.5 Å². The molecule has 246 valence electrons. The molecule has 0 atom stereocenters. The number of aromatic nitrogens is 2. The van der Waals surface area contributed by atoms with Crippen molar-refractivity contribution >= 4 is 52.0 Å². The van der Waals surface area contributed by atoms with Gasteiger partial charge in [0.1, 0.15) is 15.8 Å². The summed E-state index contributed by atoms with van der Waals surface area (Å²) < 4.78 is 0.897. The van der Waals surface area contributed by atoms with Crippen molar-refractivity contribution < 1.29 is 9.90 Å². The molecule has 2 aromatic carbocycles. The second kappa shape index (κ2) is 14.0. The van der Waals surface area contributed by atoms with E-state index in [-0.39, 0.29) is 17.1 Å². The Morgan fingerprint density at radius 2 is 1.48 bits per heavy atom. The average molecular weight is 676 g/mol. The Hall–Kier alpha value is -4.34. The van der Waals surface area contributed by atoms with Gasteiger partial charge in [-0.05, 0) is 85.5 Å². The Labute approximate surface area is 289 Å². The van der Waals surface area contributed by atoms with Crippen molar-refractivity contribution in [1.29, 1.82) is 0 Å². The van der Waals surface area contributed by atoms with Crippen molar-refractivity contribution in [3.63, 3.8) is 0 Å². The highest BCUT2D eigenvalue weighted by atomic mass is 32.1. The SMILES string of the molecule is CCCCNc1ccc(-c2nc3c(s2)=CC(=C2C(=O)C(C4=Cc5sc(-c6ccc(N(CCCC)CCCC)cc6)nc5C4)=C2O)N=3)cc1. The average Bonchev–Trinajstić information content (AvgIpc) is 3.86. The minimum Gasteiger partial charge on any atom is -0.506 e. The molecule has 4 aromatic rings. The third kappa shape index (κ3) is 6.29. The van der Waals surface area contributed by atoms with E-state index < -0.39 is 0 Å². The quantitative estimate of drug-likeness (QED) is 0.103. The monoisotopic (exact) mass is 675 g/mol. The molecule has 9 heteroatoms. The second-order valence-electron chi connectivity index (χ2n) is 12.6. The lowest BCUT2D eigenvalue weighted by Gasteiger charge is -2.24. The molecule has 2 aliphatic carbocycles. The first-order valence-corrected chi connectivity index (χ1v) is 18.8. The van der Waals surface area contributed by atoms with Gasteiger partial charge in [-0.2, -0.15) is 0 Å². The molecule has 3 heterocycles. The number of carbonyl (C=O) groups is 1. The van der Waals surface area contributed by atoms with Crippen LogP contribution in [0.2, 0.25) is 0 Å². The minimum atomic E-state index is -0.169. The van der Waals surface area contributed by atoms with Crippen molar-refractivity contribution in [2.45, 2.75) is 65.7 Å². The van der Waals surface area contributed by atoms with Crippen molar-refractivity contribution in [2.24, 2.45) is 4.99 Å². The van der Waals surface area contributed by atoms with Crippen LogP contribution in [0.3, 0.4) is 0 Å². The molecule has 0 saturated heterocycles. The van der Waals surface area contributed by atoms with Gasteiger partial charge in [0.05, 0.1) is 31.9 Å². The molecule has 0 unspecified atom stereocenters. The van der Waals surface area contributed by atoms with Crippen LogP contribution in [0.5, 0.6) is 0 Å². The lowest BCUT2D eigenvalue weighted by atomic mass is 9.81. The summed E-state index contributed by atoms with van der Waals surface area (Å²) in [4.78, 5) is 31.2. The highest BCUT2D eigenvalue weighted by Crippen LogP contribution is 2.43. The Bertz CT molecular complexity index is 2020. The molecule has 0 amide bonds. The van der Waals surface area contributed by atoms with E-state index >= 15 is 0 Å². The molecule has 48 heavy (non-hydrogen) atoms. The zero-order chi connectivity index (χ0) is 33.2. The fraction of sp³-hybridized carbons (Fsp3) is 0.333. The fourth-order valence-electron chi connectivity index (χ4n) is 6.26. The third-order valence-corrected chi connectivity index (χ3v) is 11.2. The molecule has 0 saturated carbocycles.